The predicted octanol–water partition coefficient (Wildman–Crippen LogP) is 1.43. The summed E-state index contributed by atoms with van der Waals surface area (Å²) in [7, 11) is -3.59. The number of carbonyl (C=O) groups is 4. The maximum atomic E-state index is 12.7. The third-order valence-electron chi connectivity index (χ3n) is 5.45. The fraction of sp³-hybridized carbons (Fsp3) is 0.474. The highest BCUT2D eigenvalue weighted by molar-refractivity contribution is 7.90. The second-order valence-corrected chi connectivity index (χ2v) is 10.3. The highest BCUT2D eigenvalue weighted by Gasteiger charge is 2.52. The van der Waals surface area contributed by atoms with Crippen molar-refractivity contribution in [1.29, 1.82) is 0 Å². The number of hydrazine groups is 1. The number of benzene rings is 1. The normalized spacial score (nSPS) is 23.6. The molecular weight excluding hydrogens is 450 g/mol. The number of esters is 1. The van der Waals surface area contributed by atoms with Crippen LogP contribution in [0.15, 0.2) is 23.1 Å². The molecule has 0 unspecified atom stereocenters. The van der Waals surface area contributed by atoms with Gasteiger partial charge >= 0.3 is 12.0 Å². The molecule has 1 aliphatic carbocycles. The standard InChI is InChI=1S/C19H22ClN3O7S/c1-11-5-7-19(8-6-11)17(26)23(18(27)21-19)22-15(24)10-30-16(25)13-9-12(31(2,28)29)3-4-14(13)20/h3-4,9,11H,5-8,10H2,1-2H3,(H,21,27)(H,22,24). The molecule has 12 heteroatoms. The van der Waals surface area contributed by atoms with Crippen LogP contribution in [0.3, 0.4) is 0 Å². The molecule has 1 saturated carbocycles. The van der Waals surface area contributed by atoms with Gasteiger partial charge in [-0.05, 0) is 49.8 Å². The lowest BCUT2D eigenvalue weighted by molar-refractivity contribution is -0.141. The quantitative estimate of drug-likeness (QED) is 0.489. The third kappa shape index (κ3) is 4.82. The first-order chi connectivity index (χ1) is 14.4. The molecule has 1 aromatic carbocycles. The summed E-state index contributed by atoms with van der Waals surface area (Å²) in [5.41, 5.74) is 0.891. The average Bonchev–Trinajstić information content (AvgIpc) is 2.92. The van der Waals surface area contributed by atoms with Gasteiger partial charge in [0.05, 0.1) is 15.5 Å². The maximum absolute atomic E-state index is 12.7. The van der Waals surface area contributed by atoms with Gasteiger partial charge in [0, 0.05) is 6.26 Å². The number of hydrogen-bond acceptors (Lipinski definition) is 7. The van der Waals surface area contributed by atoms with E-state index < -0.39 is 45.8 Å². The Morgan fingerprint density at radius 2 is 1.94 bits per heavy atom. The minimum atomic E-state index is -3.59. The smallest absolute Gasteiger partial charge is 0.344 e. The van der Waals surface area contributed by atoms with E-state index in [2.05, 4.69) is 17.7 Å². The van der Waals surface area contributed by atoms with Gasteiger partial charge in [0.1, 0.15) is 5.54 Å². The third-order valence-corrected chi connectivity index (χ3v) is 6.89. The van der Waals surface area contributed by atoms with Crippen molar-refractivity contribution in [2.24, 2.45) is 5.92 Å². The summed E-state index contributed by atoms with van der Waals surface area (Å²) in [4.78, 5) is 49.2. The fourth-order valence-electron chi connectivity index (χ4n) is 3.57. The maximum Gasteiger partial charge on any atom is 0.344 e. The Labute approximate surface area is 184 Å². The van der Waals surface area contributed by atoms with Crippen LogP contribution >= 0.6 is 11.6 Å². The zero-order chi connectivity index (χ0) is 23.0. The van der Waals surface area contributed by atoms with E-state index in [9.17, 15) is 27.6 Å². The lowest BCUT2D eigenvalue weighted by Gasteiger charge is -2.33. The first-order valence-electron chi connectivity index (χ1n) is 9.56. The Hall–Kier alpha value is -2.66. The van der Waals surface area contributed by atoms with Crippen molar-refractivity contribution < 1.29 is 32.3 Å². The molecule has 0 bridgehead atoms. The van der Waals surface area contributed by atoms with Gasteiger partial charge in [0.25, 0.3) is 11.8 Å². The van der Waals surface area contributed by atoms with Gasteiger partial charge in [0.2, 0.25) is 0 Å². The fourth-order valence-corrected chi connectivity index (χ4v) is 4.41. The van der Waals surface area contributed by atoms with E-state index in [1.165, 1.54) is 12.1 Å². The van der Waals surface area contributed by atoms with Crippen molar-refractivity contribution in [3.05, 3.63) is 28.8 Å². The van der Waals surface area contributed by atoms with E-state index in [4.69, 9.17) is 16.3 Å². The highest BCUT2D eigenvalue weighted by atomic mass is 35.5. The molecule has 0 atom stereocenters. The predicted molar refractivity (Wildman–Crippen MR) is 109 cm³/mol. The van der Waals surface area contributed by atoms with Gasteiger partial charge in [-0.1, -0.05) is 18.5 Å². The summed E-state index contributed by atoms with van der Waals surface area (Å²) >= 11 is 5.92. The summed E-state index contributed by atoms with van der Waals surface area (Å²) in [5, 5.41) is 3.20. The zero-order valence-electron chi connectivity index (χ0n) is 16.9. The van der Waals surface area contributed by atoms with Gasteiger partial charge < -0.3 is 10.1 Å². The second-order valence-electron chi connectivity index (χ2n) is 7.86. The molecule has 1 aromatic rings. The van der Waals surface area contributed by atoms with Crippen LogP contribution in [0.2, 0.25) is 5.02 Å². The van der Waals surface area contributed by atoms with Crippen LogP contribution in [0.5, 0.6) is 0 Å². The molecule has 2 aliphatic rings. The van der Waals surface area contributed by atoms with E-state index in [0.29, 0.717) is 23.8 Å². The number of amides is 4. The van der Waals surface area contributed by atoms with Crippen molar-refractivity contribution >= 4 is 45.3 Å². The van der Waals surface area contributed by atoms with Crippen molar-refractivity contribution in [3.63, 3.8) is 0 Å². The van der Waals surface area contributed by atoms with E-state index in [1.54, 1.807) is 0 Å². The lowest BCUT2D eigenvalue weighted by Crippen LogP contribution is -2.52. The number of halogens is 1. The molecule has 0 aromatic heterocycles. The van der Waals surface area contributed by atoms with Gasteiger partial charge in [0.15, 0.2) is 16.4 Å². The molecule has 3 rings (SSSR count). The van der Waals surface area contributed by atoms with E-state index in [0.717, 1.165) is 25.2 Å². The summed E-state index contributed by atoms with van der Waals surface area (Å²) < 4.78 is 28.2. The van der Waals surface area contributed by atoms with Crippen molar-refractivity contribution in [3.8, 4) is 0 Å². The summed E-state index contributed by atoms with van der Waals surface area (Å²) in [5.74, 6) is -2.03. The van der Waals surface area contributed by atoms with Gasteiger partial charge in [-0.2, -0.15) is 5.01 Å². The van der Waals surface area contributed by atoms with Crippen LogP contribution in [-0.2, 0) is 24.2 Å². The molecular formula is C19H22ClN3O7S. The molecule has 1 heterocycles. The molecule has 1 aliphatic heterocycles. The van der Waals surface area contributed by atoms with Crippen LogP contribution in [0.4, 0.5) is 4.79 Å². The molecule has 1 spiro atoms. The monoisotopic (exact) mass is 471 g/mol. The zero-order valence-corrected chi connectivity index (χ0v) is 18.5. The molecule has 168 valence electrons. The number of ether oxygens (including phenoxy) is 1. The number of rotatable bonds is 5. The molecule has 10 nitrogen and oxygen atoms in total. The Kier molecular flexibility index (Phi) is 6.28. The van der Waals surface area contributed by atoms with Crippen LogP contribution < -0.4 is 10.7 Å². The van der Waals surface area contributed by atoms with Gasteiger partial charge in [-0.3, -0.25) is 15.0 Å². The van der Waals surface area contributed by atoms with E-state index >= 15 is 0 Å². The molecule has 2 fully saturated rings. The highest BCUT2D eigenvalue weighted by Crippen LogP contribution is 2.35. The van der Waals surface area contributed by atoms with E-state index in [1.807, 2.05) is 0 Å². The number of nitrogens with zero attached hydrogens (tertiary/aromatic N) is 1. The summed E-state index contributed by atoms with van der Waals surface area (Å²) in [6.07, 6.45) is 3.48. The number of hydrogen-bond donors (Lipinski definition) is 2. The second kappa shape index (κ2) is 8.46. The van der Waals surface area contributed by atoms with Crippen LogP contribution in [0.1, 0.15) is 43.0 Å². The Balaban J connectivity index is 1.61. The Bertz CT molecular complexity index is 1050. The molecule has 2 N–H and O–H groups in total. The SMILES string of the molecule is CC1CCC2(CC1)NC(=O)N(NC(=O)COC(=O)c1cc(S(C)(=O)=O)ccc1Cl)C2=O. The summed E-state index contributed by atoms with van der Waals surface area (Å²) in [6.45, 7) is 1.26. The first-order valence-corrected chi connectivity index (χ1v) is 11.8. The van der Waals surface area contributed by atoms with E-state index in [-0.39, 0.29) is 15.5 Å². The summed E-state index contributed by atoms with van der Waals surface area (Å²) in [6, 6.07) is 2.76. The number of sulfone groups is 1. The topological polar surface area (TPSA) is 139 Å². The number of imide groups is 1. The Morgan fingerprint density at radius 3 is 2.55 bits per heavy atom. The number of urea groups is 1. The first kappa shape index (κ1) is 23.0. The van der Waals surface area contributed by atoms with Crippen LogP contribution in [-0.4, -0.2) is 55.6 Å². The van der Waals surface area contributed by atoms with Crippen LogP contribution in [0, 0.1) is 5.92 Å². The molecule has 0 radical (unpaired) electrons. The molecule has 4 amide bonds. The largest absolute Gasteiger partial charge is 0.452 e. The Morgan fingerprint density at radius 1 is 1.29 bits per heavy atom. The minimum absolute atomic E-state index is 0.0552. The van der Waals surface area contributed by atoms with Crippen molar-refractivity contribution in [2.75, 3.05) is 12.9 Å². The van der Waals surface area contributed by atoms with Crippen molar-refractivity contribution in [1.82, 2.24) is 15.8 Å². The molecule has 31 heavy (non-hydrogen) atoms. The number of nitrogens with one attached hydrogen (secondary N) is 2. The molecule has 1 saturated heterocycles. The lowest BCUT2D eigenvalue weighted by atomic mass is 9.77. The average molecular weight is 472 g/mol. The van der Waals surface area contributed by atoms with Crippen LogP contribution in [0.25, 0.3) is 0 Å². The van der Waals surface area contributed by atoms with Gasteiger partial charge in [-0.25, -0.2) is 18.0 Å². The minimum Gasteiger partial charge on any atom is -0.452 e. The van der Waals surface area contributed by atoms with Crippen molar-refractivity contribution in [2.45, 2.75) is 43.0 Å². The van der Waals surface area contributed by atoms with Gasteiger partial charge in [-0.15, -0.1) is 0 Å². The number of carbonyl (C=O) groups excluding carboxylic acids is 4.